The lowest BCUT2D eigenvalue weighted by molar-refractivity contribution is -0.129. The summed E-state index contributed by atoms with van der Waals surface area (Å²) in [5, 5.41) is 0. The van der Waals surface area contributed by atoms with Crippen molar-refractivity contribution in [2.24, 2.45) is 0 Å². The van der Waals surface area contributed by atoms with Crippen LogP contribution >= 0.6 is 0 Å². The Morgan fingerprint density at radius 1 is 1.36 bits per heavy atom. The normalized spacial score (nSPS) is 17.1. The van der Waals surface area contributed by atoms with E-state index in [0.717, 1.165) is 42.3 Å². The molecule has 1 aromatic carbocycles. The maximum Gasteiger partial charge on any atom is 0.227 e. The van der Waals surface area contributed by atoms with Crippen LogP contribution in [0.3, 0.4) is 0 Å². The number of nitrogens with zero attached hydrogens (tertiary/aromatic N) is 3. The van der Waals surface area contributed by atoms with Gasteiger partial charge in [0.25, 0.3) is 0 Å². The molecule has 1 unspecified atom stereocenters. The van der Waals surface area contributed by atoms with E-state index < -0.39 is 0 Å². The fraction of sp³-hybridized carbons (Fsp3) is 0.474. The average molecular weight is 343 g/mol. The lowest BCUT2D eigenvalue weighted by Crippen LogP contribution is -2.30. The molecule has 25 heavy (non-hydrogen) atoms. The number of likely N-dealkylation sites (tertiary alicyclic amines) is 1. The maximum atomic E-state index is 12.7. The Balaban J connectivity index is 1.66. The molecule has 1 atom stereocenters. The molecule has 0 N–H and O–H groups in total. The summed E-state index contributed by atoms with van der Waals surface area (Å²) in [5.41, 5.74) is 2.09. The van der Waals surface area contributed by atoms with Crippen LogP contribution in [0.1, 0.15) is 29.5 Å². The van der Waals surface area contributed by atoms with Gasteiger partial charge < -0.3 is 18.9 Å². The van der Waals surface area contributed by atoms with E-state index in [2.05, 4.69) is 9.55 Å². The molecule has 134 valence electrons. The summed E-state index contributed by atoms with van der Waals surface area (Å²) in [6.07, 6.45) is 3.21. The zero-order valence-corrected chi connectivity index (χ0v) is 15.1. The third-order valence-electron chi connectivity index (χ3n) is 4.70. The summed E-state index contributed by atoms with van der Waals surface area (Å²) in [5.74, 6) is 1.86. The van der Waals surface area contributed by atoms with Crippen molar-refractivity contribution in [3.05, 3.63) is 47.5 Å². The number of hydrogen-bond acceptors (Lipinski definition) is 4. The van der Waals surface area contributed by atoms with Crippen molar-refractivity contribution in [2.75, 3.05) is 27.3 Å². The standard InChI is InChI=1S/C19H25N3O3/c1-14-11-20-18(13-24-2)22(14)16-7-8-21(12-16)19(23)10-15-5-4-6-17(9-15)25-3/h4-6,9,11,16H,7-8,10,12-13H2,1-3H3. The highest BCUT2D eigenvalue weighted by molar-refractivity contribution is 5.79. The molecular formula is C19H25N3O3. The molecule has 6 heteroatoms. The second-order valence-electron chi connectivity index (χ2n) is 6.43. The molecule has 1 aliphatic heterocycles. The molecule has 0 saturated carbocycles. The minimum atomic E-state index is 0.154. The second kappa shape index (κ2) is 7.70. The first-order chi connectivity index (χ1) is 12.1. The summed E-state index contributed by atoms with van der Waals surface area (Å²) in [7, 11) is 3.31. The van der Waals surface area contributed by atoms with Gasteiger partial charge >= 0.3 is 0 Å². The Bertz CT molecular complexity index is 741. The van der Waals surface area contributed by atoms with Crippen LogP contribution in [0.5, 0.6) is 5.75 Å². The van der Waals surface area contributed by atoms with Gasteiger partial charge in [-0.15, -0.1) is 0 Å². The molecule has 0 aliphatic carbocycles. The van der Waals surface area contributed by atoms with Gasteiger partial charge in [0.2, 0.25) is 5.91 Å². The highest BCUT2D eigenvalue weighted by atomic mass is 16.5. The SMILES string of the molecule is COCc1ncc(C)n1C1CCN(C(=O)Cc2cccc(OC)c2)C1. The third-order valence-corrected chi connectivity index (χ3v) is 4.70. The molecule has 0 spiro atoms. The summed E-state index contributed by atoms with van der Waals surface area (Å²) >= 11 is 0. The molecule has 6 nitrogen and oxygen atoms in total. The van der Waals surface area contributed by atoms with Crippen LogP contribution in [0.15, 0.2) is 30.5 Å². The smallest absolute Gasteiger partial charge is 0.227 e. The van der Waals surface area contributed by atoms with Gasteiger partial charge in [-0.2, -0.15) is 0 Å². The number of benzene rings is 1. The van der Waals surface area contributed by atoms with Crippen LogP contribution in [-0.2, 0) is 22.6 Å². The van der Waals surface area contributed by atoms with E-state index in [1.807, 2.05) is 42.3 Å². The Labute approximate surface area is 148 Å². The van der Waals surface area contributed by atoms with E-state index in [1.165, 1.54) is 0 Å². The Morgan fingerprint density at radius 2 is 2.20 bits per heavy atom. The average Bonchev–Trinajstić information content (AvgIpc) is 3.22. The van der Waals surface area contributed by atoms with Crippen LogP contribution in [-0.4, -0.2) is 47.7 Å². The first-order valence-electron chi connectivity index (χ1n) is 8.54. The van der Waals surface area contributed by atoms with Gasteiger partial charge in [-0.3, -0.25) is 4.79 Å². The van der Waals surface area contributed by atoms with Crippen LogP contribution in [0.4, 0.5) is 0 Å². The lowest BCUT2D eigenvalue weighted by Gasteiger charge is -2.19. The molecule has 1 fully saturated rings. The molecule has 1 amide bonds. The molecule has 2 aromatic rings. The van der Waals surface area contributed by atoms with Crippen molar-refractivity contribution in [1.82, 2.24) is 14.5 Å². The molecule has 1 aromatic heterocycles. The van der Waals surface area contributed by atoms with Crippen molar-refractivity contribution in [1.29, 1.82) is 0 Å². The molecule has 1 saturated heterocycles. The van der Waals surface area contributed by atoms with Crippen LogP contribution < -0.4 is 4.74 Å². The van der Waals surface area contributed by atoms with Crippen molar-refractivity contribution < 1.29 is 14.3 Å². The highest BCUT2D eigenvalue weighted by Gasteiger charge is 2.29. The highest BCUT2D eigenvalue weighted by Crippen LogP contribution is 2.26. The van der Waals surface area contributed by atoms with Gasteiger partial charge in [0, 0.05) is 32.1 Å². The maximum absolute atomic E-state index is 12.7. The number of aromatic nitrogens is 2. The second-order valence-corrected chi connectivity index (χ2v) is 6.43. The first-order valence-corrected chi connectivity index (χ1v) is 8.54. The van der Waals surface area contributed by atoms with Crippen molar-refractivity contribution in [2.45, 2.75) is 32.4 Å². The van der Waals surface area contributed by atoms with Gasteiger partial charge in [0.15, 0.2) is 0 Å². The fourth-order valence-corrected chi connectivity index (χ4v) is 3.48. The summed E-state index contributed by atoms with van der Waals surface area (Å²) < 4.78 is 12.7. The molecular weight excluding hydrogens is 318 g/mol. The van der Waals surface area contributed by atoms with Gasteiger partial charge in [-0.25, -0.2) is 4.98 Å². The number of amides is 1. The van der Waals surface area contributed by atoms with E-state index >= 15 is 0 Å². The molecule has 1 aliphatic rings. The Kier molecular flexibility index (Phi) is 5.38. The quantitative estimate of drug-likeness (QED) is 0.808. The van der Waals surface area contributed by atoms with Crippen molar-refractivity contribution in [3.63, 3.8) is 0 Å². The lowest BCUT2D eigenvalue weighted by atomic mass is 10.1. The number of methoxy groups -OCH3 is 2. The number of aryl methyl sites for hydroxylation is 1. The van der Waals surface area contributed by atoms with E-state index in [4.69, 9.17) is 9.47 Å². The van der Waals surface area contributed by atoms with E-state index in [9.17, 15) is 4.79 Å². The number of imidazole rings is 1. The number of hydrogen-bond donors (Lipinski definition) is 0. The zero-order chi connectivity index (χ0) is 17.8. The predicted octanol–water partition coefficient (Wildman–Crippen LogP) is 2.36. The van der Waals surface area contributed by atoms with Crippen LogP contribution in [0.2, 0.25) is 0 Å². The summed E-state index contributed by atoms with van der Waals surface area (Å²) in [6.45, 7) is 4.03. The summed E-state index contributed by atoms with van der Waals surface area (Å²) in [6, 6.07) is 7.95. The first kappa shape index (κ1) is 17.5. The van der Waals surface area contributed by atoms with Gasteiger partial charge in [0.05, 0.1) is 19.6 Å². The topological polar surface area (TPSA) is 56.6 Å². The van der Waals surface area contributed by atoms with Crippen molar-refractivity contribution >= 4 is 5.91 Å². The molecule has 2 heterocycles. The molecule has 0 radical (unpaired) electrons. The van der Waals surface area contributed by atoms with Crippen LogP contribution in [0.25, 0.3) is 0 Å². The molecule has 3 rings (SSSR count). The Morgan fingerprint density at radius 3 is 2.96 bits per heavy atom. The summed E-state index contributed by atoms with van der Waals surface area (Å²) in [4.78, 5) is 19.0. The van der Waals surface area contributed by atoms with E-state index in [-0.39, 0.29) is 11.9 Å². The minimum Gasteiger partial charge on any atom is -0.497 e. The van der Waals surface area contributed by atoms with Gasteiger partial charge in [-0.1, -0.05) is 12.1 Å². The third kappa shape index (κ3) is 3.85. The number of carbonyl (C=O) groups is 1. The number of rotatable bonds is 6. The van der Waals surface area contributed by atoms with Gasteiger partial charge in [-0.05, 0) is 31.0 Å². The Hall–Kier alpha value is -2.34. The minimum absolute atomic E-state index is 0.154. The molecule has 0 bridgehead atoms. The van der Waals surface area contributed by atoms with Gasteiger partial charge in [0.1, 0.15) is 18.2 Å². The number of carbonyl (C=O) groups excluding carboxylic acids is 1. The largest absolute Gasteiger partial charge is 0.497 e. The van der Waals surface area contributed by atoms with E-state index in [1.54, 1.807) is 14.2 Å². The fourth-order valence-electron chi connectivity index (χ4n) is 3.48. The van der Waals surface area contributed by atoms with Crippen molar-refractivity contribution in [3.8, 4) is 5.75 Å². The van der Waals surface area contributed by atoms with Crippen LogP contribution in [0, 0.1) is 6.92 Å². The predicted molar refractivity (Wildman–Crippen MR) is 94.6 cm³/mol. The zero-order valence-electron chi connectivity index (χ0n) is 15.1. The monoisotopic (exact) mass is 343 g/mol. The number of ether oxygens (including phenoxy) is 2. The van der Waals surface area contributed by atoms with E-state index in [0.29, 0.717) is 13.0 Å².